The van der Waals surface area contributed by atoms with Crippen molar-refractivity contribution in [1.29, 1.82) is 0 Å². The first-order valence-corrected chi connectivity index (χ1v) is 7.26. The monoisotopic (exact) mass is 283 g/mol. The van der Waals surface area contributed by atoms with Crippen LogP contribution in [0, 0.1) is 5.41 Å². The van der Waals surface area contributed by atoms with Crippen molar-refractivity contribution in [3.8, 4) is 0 Å². The molecule has 3 rings (SSSR count). The number of aliphatic hydroxyl groups is 1. The van der Waals surface area contributed by atoms with E-state index in [1.54, 1.807) is 11.9 Å². The molecule has 2 aromatic rings. The molecule has 2 atom stereocenters. The summed E-state index contributed by atoms with van der Waals surface area (Å²) in [4.78, 5) is 14.0. The first-order valence-electron chi connectivity index (χ1n) is 7.26. The minimum atomic E-state index is -1.36. The fourth-order valence-corrected chi connectivity index (χ4v) is 3.37. The molecular formula is C18H21NO2. The van der Waals surface area contributed by atoms with Crippen molar-refractivity contribution in [3.05, 3.63) is 48.0 Å². The van der Waals surface area contributed by atoms with E-state index in [1.807, 2.05) is 51.1 Å². The molecule has 1 amide bonds. The Morgan fingerprint density at radius 3 is 2.38 bits per heavy atom. The van der Waals surface area contributed by atoms with E-state index in [0.29, 0.717) is 0 Å². The molecule has 0 aromatic heterocycles. The van der Waals surface area contributed by atoms with Crippen LogP contribution in [-0.4, -0.2) is 28.6 Å². The third-order valence-electron chi connectivity index (χ3n) is 4.69. The van der Waals surface area contributed by atoms with Crippen LogP contribution in [0.2, 0.25) is 0 Å². The second-order valence-electron chi connectivity index (χ2n) is 6.90. The molecular weight excluding hydrogens is 262 g/mol. The van der Waals surface area contributed by atoms with E-state index >= 15 is 0 Å². The highest BCUT2D eigenvalue weighted by atomic mass is 16.3. The van der Waals surface area contributed by atoms with Gasteiger partial charge in [0.25, 0.3) is 5.91 Å². The van der Waals surface area contributed by atoms with E-state index in [1.165, 1.54) is 0 Å². The number of likely N-dealkylation sites (tertiary alicyclic amines) is 1. The highest BCUT2D eigenvalue weighted by Crippen LogP contribution is 2.52. The summed E-state index contributed by atoms with van der Waals surface area (Å²) in [6.45, 7) is 5.74. The maximum absolute atomic E-state index is 12.3. The van der Waals surface area contributed by atoms with Crippen molar-refractivity contribution < 1.29 is 9.90 Å². The van der Waals surface area contributed by atoms with Gasteiger partial charge in [0.15, 0.2) is 5.60 Å². The molecule has 3 nitrogen and oxygen atoms in total. The highest BCUT2D eigenvalue weighted by molar-refractivity contribution is 5.96. The molecule has 0 saturated carbocycles. The molecule has 1 aliphatic rings. The number of β-lactam (4-membered cyclic amide) rings is 1. The lowest BCUT2D eigenvalue weighted by Crippen LogP contribution is -2.72. The van der Waals surface area contributed by atoms with E-state index < -0.39 is 11.0 Å². The molecule has 1 heterocycles. The summed E-state index contributed by atoms with van der Waals surface area (Å²) in [6.07, 6.45) is 0. The Hall–Kier alpha value is -1.87. The zero-order valence-electron chi connectivity index (χ0n) is 12.9. The fourth-order valence-electron chi connectivity index (χ4n) is 3.37. The minimum absolute atomic E-state index is 0.201. The largest absolute Gasteiger partial charge is 0.377 e. The Morgan fingerprint density at radius 2 is 1.71 bits per heavy atom. The number of benzene rings is 2. The molecule has 2 aromatic carbocycles. The number of fused-ring (bicyclic) bond motifs is 1. The lowest BCUT2D eigenvalue weighted by atomic mass is 9.63. The van der Waals surface area contributed by atoms with Crippen LogP contribution in [0.15, 0.2) is 42.5 Å². The van der Waals surface area contributed by atoms with Gasteiger partial charge in [-0.15, -0.1) is 0 Å². The number of nitrogens with zero attached hydrogens (tertiary/aromatic N) is 1. The van der Waals surface area contributed by atoms with Gasteiger partial charge >= 0.3 is 0 Å². The average molecular weight is 283 g/mol. The lowest BCUT2D eigenvalue weighted by Gasteiger charge is -2.57. The van der Waals surface area contributed by atoms with E-state index in [2.05, 4.69) is 12.1 Å². The molecule has 2 unspecified atom stereocenters. The summed E-state index contributed by atoms with van der Waals surface area (Å²) in [6, 6.07) is 13.8. The summed E-state index contributed by atoms with van der Waals surface area (Å²) in [7, 11) is 1.76. The van der Waals surface area contributed by atoms with Crippen LogP contribution < -0.4 is 0 Å². The van der Waals surface area contributed by atoms with Gasteiger partial charge < -0.3 is 10.0 Å². The quantitative estimate of drug-likeness (QED) is 0.817. The summed E-state index contributed by atoms with van der Waals surface area (Å²) >= 11 is 0. The van der Waals surface area contributed by atoms with Gasteiger partial charge in [0.1, 0.15) is 0 Å². The van der Waals surface area contributed by atoms with Crippen molar-refractivity contribution in [2.75, 3.05) is 7.05 Å². The summed E-state index contributed by atoms with van der Waals surface area (Å²) in [5.41, 5.74) is -0.864. The van der Waals surface area contributed by atoms with E-state index in [4.69, 9.17) is 0 Å². The Labute approximate surface area is 125 Å². The van der Waals surface area contributed by atoms with Crippen LogP contribution >= 0.6 is 0 Å². The maximum atomic E-state index is 12.3. The van der Waals surface area contributed by atoms with Crippen LogP contribution in [0.3, 0.4) is 0 Å². The standard InChI is InChI=1S/C18H21NO2/c1-17(2,3)18(21)15(19(4)16(18)20)14-11-7-9-12-8-5-6-10-13(12)14/h5-11,15,21H,1-4H3. The number of hydrogen-bond donors (Lipinski definition) is 1. The molecule has 21 heavy (non-hydrogen) atoms. The van der Waals surface area contributed by atoms with Crippen molar-refractivity contribution in [3.63, 3.8) is 0 Å². The number of hydrogen-bond acceptors (Lipinski definition) is 2. The Balaban J connectivity index is 2.20. The van der Waals surface area contributed by atoms with Crippen LogP contribution in [0.25, 0.3) is 10.8 Å². The molecule has 110 valence electrons. The van der Waals surface area contributed by atoms with Crippen LogP contribution in [-0.2, 0) is 4.79 Å². The van der Waals surface area contributed by atoms with Gasteiger partial charge in [-0.2, -0.15) is 0 Å². The molecule has 1 aliphatic heterocycles. The first kappa shape index (κ1) is 14.1. The maximum Gasteiger partial charge on any atom is 0.257 e. The predicted molar refractivity (Wildman–Crippen MR) is 83.9 cm³/mol. The summed E-state index contributed by atoms with van der Waals surface area (Å²) < 4.78 is 0. The zero-order valence-corrected chi connectivity index (χ0v) is 12.9. The second-order valence-corrected chi connectivity index (χ2v) is 6.90. The van der Waals surface area contributed by atoms with Crippen molar-refractivity contribution >= 4 is 16.7 Å². The van der Waals surface area contributed by atoms with E-state index in [0.717, 1.165) is 16.3 Å². The SMILES string of the molecule is CN1C(=O)C(O)(C(C)(C)C)C1c1cccc2ccccc12. The molecule has 1 saturated heterocycles. The smallest absolute Gasteiger partial charge is 0.257 e. The number of likely N-dealkylation sites (N-methyl/N-ethyl adjacent to an activating group) is 1. The highest BCUT2D eigenvalue weighted by Gasteiger charge is 2.64. The van der Waals surface area contributed by atoms with Crippen LogP contribution in [0.1, 0.15) is 32.4 Å². The third kappa shape index (κ3) is 1.74. The second kappa shape index (κ2) is 4.31. The number of carbonyl (C=O) groups is 1. The normalized spacial score (nSPS) is 26.0. The molecule has 0 spiro atoms. The van der Waals surface area contributed by atoms with Gasteiger partial charge in [-0.05, 0) is 16.3 Å². The fraction of sp³-hybridized carbons (Fsp3) is 0.389. The first-order chi connectivity index (χ1) is 9.78. The Kier molecular flexibility index (Phi) is 2.89. The van der Waals surface area contributed by atoms with Gasteiger partial charge in [-0.25, -0.2) is 0 Å². The Bertz CT molecular complexity index is 711. The Morgan fingerprint density at radius 1 is 1.10 bits per heavy atom. The van der Waals surface area contributed by atoms with Crippen molar-refractivity contribution in [2.24, 2.45) is 5.41 Å². The summed E-state index contributed by atoms with van der Waals surface area (Å²) in [5, 5.41) is 13.3. The van der Waals surface area contributed by atoms with E-state index in [9.17, 15) is 9.90 Å². The van der Waals surface area contributed by atoms with Gasteiger partial charge in [0.2, 0.25) is 0 Å². The minimum Gasteiger partial charge on any atom is -0.377 e. The molecule has 1 N–H and O–H groups in total. The van der Waals surface area contributed by atoms with Crippen molar-refractivity contribution in [1.82, 2.24) is 4.90 Å². The van der Waals surface area contributed by atoms with Gasteiger partial charge in [0.05, 0.1) is 6.04 Å². The van der Waals surface area contributed by atoms with Crippen LogP contribution in [0.4, 0.5) is 0 Å². The van der Waals surface area contributed by atoms with E-state index in [-0.39, 0.29) is 11.9 Å². The molecule has 0 bridgehead atoms. The molecule has 0 aliphatic carbocycles. The zero-order chi connectivity index (χ0) is 15.4. The molecule has 1 fully saturated rings. The van der Waals surface area contributed by atoms with Gasteiger partial charge in [0, 0.05) is 12.5 Å². The number of amides is 1. The summed E-state index contributed by atoms with van der Waals surface area (Å²) in [5.74, 6) is -0.201. The van der Waals surface area contributed by atoms with Gasteiger partial charge in [-0.1, -0.05) is 63.2 Å². The average Bonchev–Trinajstić information content (AvgIpc) is 2.46. The predicted octanol–water partition coefficient (Wildman–Crippen LogP) is 3.13. The number of carbonyl (C=O) groups excluding carboxylic acids is 1. The third-order valence-corrected chi connectivity index (χ3v) is 4.69. The lowest BCUT2D eigenvalue weighted by molar-refractivity contribution is -0.212. The number of rotatable bonds is 1. The topological polar surface area (TPSA) is 40.5 Å². The van der Waals surface area contributed by atoms with Crippen molar-refractivity contribution in [2.45, 2.75) is 32.4 Å². The van der Waals surface area contributed by atoms with Gasteiger partial charge in [-0.3, -0.25) is 4.79 Å². The van der Waals surface area contributed by atoms with Crippen LogP contribution in [0.5, 0.6) is 0 Å². The molecule has 3 heteroatoms. The molecule has 0 radical (unpaired) electrons.